The Labute approximate surface area is 248 Å². The number of halogens is 3. The largest absolute Gasteiger partial charge is 0.487 e. The summed E-state index contributed by atoms with van der Waals surface area (Å²) < 4.78 is 57.4. The summed E-state index contributed by atoms with van der Waals surface area (Å²) in [6.45, 7) is 1.30. The molecule has 234 valence electrons. The molecule has 0 saturated carbocycles. The van der Waals surface area contributed by atoms with Gasteiger partial charge in [-0.3, -0.25) is 9.69 Å². The molecule has 0 bridgehead atoms. The number of cyclic esters (lactones) is 1. The van der Waals surface area contributed by atoms with Gasteiger partial charge in [-0.1, -0.05) is 0 Å². The smallest absolute Gasteiger partial charge is 0.414 e. The Morgan fingerprint density at radius 3 is 2.55 bits per heavy atom. The van der Waals surface area contributed by atoms with Crippen molar-refractivity contribution in [1.82, 2.24) is 4.57 Å². The number of anilines is 2. The predicted octanol–water partition coefficient (Wildman–Crippen LogP) is 3.35. The highest BCUT2D eigenvalue weighted by Gasteiger charge is 2.38. The van der Waals surface area contributed by atoms with Crippen molar-refractivity contribution >= 4 is 34.3 Å². The van der Waals surface area contributed by atoms with E-state index < -0.39 is 64.6 Å². The van der Waals surface area contributed by atoms with Crippen LogP contribution in [-0.4, -0.2) is 76.5 Å². The number of aliphatic hydroxyl groups is 2. The molecule has 11 nitrogen and oxygen atoms in total. The molecule has 3 N–H and O–H groups in total. The van der Waals surface area contributed by atoms with Gasteiger partial charge in [0.2, 0.25) is 11.2 Å². The number of aromatic nitrogens is 1. The van der Waals surface area contributed by atoms with Crippen LogP contribution in [0.25, 0.3) is 10.9 Å². The standard InChI is InChI=1S/C30H30F3N3O8/c1-15-2-3-17-25-18(27(38)19(28(39)40)12-35(15)25)10-20(31)26(17)34-8-6-30(42,7-9-34)14-43-22-5-4-21(23(32)24(22)33)36-11-16(13-37)44-29(36)41/h4-5,10,12,15-16,37,42H,2-3,6-9,11,13-14H2,1H3,(H,39,40)/t15-,16+/m0/s1. The number of nitrogens with zero attached hydrogens (tertiary/aromatic N) is 3. The van der Waals surface area contributed by atoms with Gasteiger partial charge in [0.05, 0.1) is 30.0 Å². The number of carboxylic acids is 1. The van der Waals surface area contributed by atoms with E-state index in [1.807, 2.05) is 6.92 Å². The molecular weight excluding hydrogens is 587 g/mol. The van der Waals surface area contributed by atoms with Gasteiger partial charge in [0.1, 0.15) is 29.7 Å². The summed E-state index contributed by atoms with van der Waals surface area (Å²) in [6.07, 6.45) is 0.819. The zero-order valence-corrected chi connectivity index (χ0v) is 23.7. The van der Waals surface area contributed by atoms with Crippen LogP contribution in [0.15, 0.2) is 29.2 Å². The molecule has 0 radical (unpaired) electrons. The van der Waals surface area contributed by atoms with E-state index in [0.717, 1.165) is 23.1 Å². The van der Waals surface area contributed by atoms with Gasteiger partial charge in [-0.05, 0) is 50.8 Å². The maximum Gasteiger partial charge on any atom is 0.414 e. The third kappa shape index (κ3) is 4.91. The van der Waals surface area contributed by atoms with Crippen LogP contribution in [-0.2, 0) is 11.2 Å². The summed E-state index contributed by atoms with van der Waals surface area (Å²) in [7, 11) is 0. The fraction of sp³-hybridized carbons (Fsp3) is 0.433. The van der Waals surface area contributed by atoms with Crippen molar-refractivity contribution in [3.05, 3.63) is 63.2 Å². The van der Waals surface area contributed by atoms with Gasteiger partial charge in [-0.15, -0.1) is 0 Å². The quantitative estimate of drug-likeness (QED) is 0.364. The number of aryl methyl sites for hydroxylation is 1. The molecule has 14 heteroatoms. The minimum Gasteiger partial charge on any atom is -0.487 e. The lowest BCUT2D eigenvalue weighted by Crippen LogP contribution is -2.48. The third-order valence-corrected chi connectivity index (χ3v) is 8.76. The number of hydrogen-bond donors (Lipinski definition) is 3. The molecular formula is C30H30F3N3O8. The van der Waals surface area contributed by atoms with Crippen LogP contribution in [0.4, 0.5) is 29.3 Å². The lowest BCUT2D eigenvalue weighted by Gasteiger charge is -2.40. The van der Waals surface area contributed by atoms with E-state index in [2.05, 4.69) is 0 Å². The van der Waals surface area contributed by atoms with Crippen LogP contribution in [0.3, 0.4) is 0 Å². The Bertz CT molecular complexity index is 1740. The van der Waals surface area contributed by atoms with Gasteiger partial charge in [0.15, 0.2) is 11.6 Å². The first kappa shape index (κ1) is 29.8. The normalized spacial score (nSPS) is 21.1. The molecule has 44 heavy (non-hydrogen) atoms. The van der Waals surface area contributed by atoms with Crippen LogP contribution in [0, 0.1) is 17.5 Å². The zero-order valence-electron chi connectivity index (χ0n) is 23.7. The van der Waals surface area contributed by atoms with Crippen molar-refractivity contribution in [3.8, 4) is 5.75 Å². The van der Waals surface area contributed by atoms with E-state index in [1.54, 1.807) is 9.47 Å². The summed E-state index contributed by atoms with van der Waals surface area (Å²) in [5.74, 6) is -5.21. The molecule has 3 aliphatic rings. The number of carbonyl (C=O) groups is 2. The van der Waals surface area contributed by atoms with Gasteiger partial charge in [-0.2, -0.15) is 4.39 Å². The molecule has 6 rings (SSSR count). The topological polar surface area (TPSA) is 142 Å². The molecule has 3 aliphatic heterocycles. The van der Waals surface area contributed by atoms with Crippen molar-refractivity contribution in [3.63, 3.8) is 0 Å². The van der Waals surface area contributed by atoms with Crippen LogP contribution in [0.5, 0.6) is 5.75 Å². The molecule has 2 aromatic carbocycles. The number of rotatable bonds is 7. The van der Waals surface area contributed by atoms with E-state index in [4.69, 9.17) is 9.47 Å². The number of ether oxygens (including phenoxy) is 2. The average molecular weight is 618 g/mol. The van der Waals surface area contributed by atoms with Crippen molar-refractivity contribution in [2.45, 2.75) is 50.4 Å². The molecule has 0 spiro atoms. The highest BCUT2D eigenvalue weighted by molar-refractivity contribution is 5.95. The third-order valence-electron chi connectivity index (χ3n) is 8.76. The summed E-state index contributed by atoms with van der Waals surface area (Å²) in [6, 6.07) is 3.26. The minimum atomic E-state index is -1.44. The SMILES string of the molecule is C[C@H]1CCc2c(N3CCC(O)(COc4ccc(N5C[C@H](CO)OC5=O)c(F)c4F)CC3)c(F)cc3c(=O)c(C(=O)O)cn1c23. The highest BCUT2D eigenvalue weighted by atomic mass is 19.2. The first-order valence-corrected chi connectivity index (χ1v) is 14.2. The van der Waals surface area contributed by atoms with Gasteiger partial charge >= 0.3 is 12.1 Å². The van der Waals surface area contributed by atoms with E-state index in [9.17, 15) is 38.5 Å². The first-order chi connectivity index (χ1) is 20.9. The number of hydrogen-bond acceptors (Lipinski definition) is 8. The number of benzene rings is 2. The molecule has 2 atom stereocenters. The van der Waals surface area contributed by atoms with Gasteiger partial charge < -0.3 is 34.3 Å². The summed E-state index contributed by atoms with van der Waals surface area (Å²) in [5, 5.41) is 29.9. The molecule has 4 heterocycles. The minimum absolute atomic E-state index is 0.00438. The van der Waals surface area contributed by atoms with E-state index in [1.165, 1.54) is 6.20 Å². The number of carboxylic acid groups (broad SMARTS) is 1. The Balaban J connectivity index is 1.19. The molecule has 0 unspecified atom stereocenters. The summed E-state index contributed by atoms with van der Waals surface area (Å²) in [5.41, 5.74) is -1.61. The molecule has 2 saturated heterocycles. The number of carbonyl (C=O) groups excluding carboxylic acids is 1. The Morgan fingerprint density at radius 1 is 1.16 bits per heavy atom. The lowest BCUT2D eigenvalue weighted by molar-refractivity contribution is -0.0252. The number of aliphatic hydroxyl groups excluding tert-OH is 1. The lowest BCUT2D eigenvalue weighted by atomic mass is 9.89. The maximum atomic E-state index is 15.6. The average Bonchev–Trinajstić information content (AvgIpc) is 3.37. The second-order valence-electron chi connectivity index (χ2n) is 11.6. The fourth-order valence-corrected chi connectivity index (χ4v) is 6.29. The van der Waals surface area contributed by atoms with Crippen LogP contribution < -0.4 is 20.0 Å². The Hall–Kier alpha value is -4.30. The van der Waals surface area contributed by atoms with Crippen LogP contribution >= 0.6 is 0 Å². The molecule has 3 aromatic rings. The van der Waals surface area contributed by atoms with E-state index >= 15 is 4.39 Å². The van der Waals surface area contributed by atoms with Crippen LogP contribution in [0.2, 0.25) is 0 Å². The van der Waals surface area contributed by atoms with Crippen LogP contribution in [0.1, 0.15) is 48.1 Å². The van der Waals surface area contributed by atoms with Gasteiger partial charge in [0.25, 0.3) is 0 Å². The number of pyridine rings is 1. The van der Waals surface area contributed by atoms with Crippen molar-refractivity contribution in [2.75, 3.05) is 42.6 Å². The fourth-order valence-electron chi connectivity index (χ4n) is 6.29. The highest BCUT2D eigenvalue weighted by Crippen LogP contribution is 2.40. The van der Waals surface area contributed by atoms with Gasteiger partial charge in [-0.25, -0.2) is 18.4 Å². The number of piperidine rings is 1. The monoisotopic (exact) mass is 617 g/mol. The zero-order chi connectivity index (χ0) is 31.5. The van der Waals surface area contributed by atoms with Crippen molar-refractivity contribution < 1.29 is 47.6 Å². The Morgan fingerprint density at radius 2 is 1.89 bits per heavy atom. The van der Waals surface area contributed by atoms with Crippen molar-refractivity contribution in [2.24, 2.45) is 0 Å². The number of aromatic carboxylic acids is 1. The van der Waals surface area contributed by atoms with Gasteiger partial charge in [0, 0.05) is 36.3 Å². The second kappa shape index (κ2) is 11.0. The number of amides is 1. The molecule has 1 aromatic heterocycles. The second-order valence-corrected chi connectivity index (χ2v) is 11.6. The van der Waals surface area contributed by atoms with E-state index in [0.29, 0.717) is 23.9 Å². The predicted molar refractivity (Wildman–Crippen MR) is 151 cm³/mol. The molecule has 0 aliphatic carbocycles. The van der Waals surface area contributed by atoms with E-state index in [-0.39, 0.29) is 61.9 Å². The maximum absolute atomic E-state index is 15.6. The molecule has 1 amide bonds. The first-order valence-electron chi connectivity index (χ1n) is 14.2. The summed E-state index contributed by atoms with van der Waals surface area (Å²) >= 11 is 0. The molecule has 2 fully saturated rings. The summed E-state index contributed by atoms with van der Waals surface area (Å²) in [4.78, 5) is 39.2. The Kier molecular flexibility index (Phi) is 7.44. The van der Waals surface area contributed by atoms with Crippen molar-refractivity contribution in [1.29, 1.82) is 0 Å².